The maximum atomic E-state index is 10.6. The highest BCUT2D eigenvalue weighted by Gasteiger charge is 2.13. The first-order chi connectivity index (χ1) is 11.6. The van der Waals surface area contributed by atoms with Crippen molar-refractivity contribution in [3.8, 4) is 0 Å². The molecule has 11 nitrogen and oxygen atoms in total. The van der Waals surface area contributed by atoms with Crippen molar-refractivity contribution < 1.29 is 38.2 Å². The predicted molar refractivity (Wildman–Crippen MR) is 93.6 cm³/mol. The smallest absolute Gasteiger partial charge is 0.350 e. The second kappa shape index (κ2) is 10.8. The van der Waals surface area contributed by atoms with Crippen LogP contribution in [0, 0.1) is 0 Å². The molecule has 0 saturated heterocycles. The molecule has 0 atom stereocenters. The molecule has 0 aliphatic rings. The van der Waals surface area contributed by atoms with Crippen LogP contribution in [0.25, 0.3) is 0 Å². The van der Waals surface area contributed by atoms with Crippen molar-refractivity contribution in [1.29, 1.82) is 0 Å². The Bertz CT molecular complexity index is 590. The molecule has 0 bridgehead atoms. The highest BCUT2D eigenvalue weighted by molar-refractivity contribution is 8.00. The number of rotatable bonds is 12. The maximum Gasteiger partial charge on any atom is 0.350 e. The standard InChI is InChI=1S/C10H19N3O8P2S2/c11-10-12-8(24-3-1-20-6-22(14,15)16)5-9(13-10)25-4-2-21-7-23(17,18)19/h5H,1-4,6-7H2,(H2,11,12,13)(H2,14,15,16)(H2,17,18,19). The molecule has 6 N–H and O–H groups in total. The normalized spacial score (nSPS) is 12.5. The van der Waals surface area contributed by atoms with Crippen LogP contribution in [0.4, 0.5) is 5.95 Å². The molecule has 0 fully saturated rings. The van der Waals surface area contributed by atoms with Crippen LogP contribution in [0.3, 0.4) is 0 Å². The van der Waals surface area contributed by atoms with Gasteiger partial charge in [0.1, 0.15) is 22.7 Å². The average molecular weight is 435 g/mol. The van der Waals surface area contributed by atoms with E-state index in [-0.39, 0.29) is 19.2 Å². The summed E-state index contributed by atoms with van der Waals surface area (Å²) < 4.78 is 31.0. The van der Waals surface area contributed by atoms with Crippen molar-refractivity contribution in [1.82, 2.24) is 9.97 Å². The predicted octanol–water partition coefficient (Wildman–Crippen LogP) is 0.547. The Morgan fingerprint density at radius 2 is 1.32 bits per heavy atom. The summed E-state index contributed by atoms with van der Waals surface area (Å²) in [6, 6.07) is 1.68. The van der Waals surface area contributed by atoms with Gasteiger partial charge in [0.25, 0.3) is 0 Å². The van der Waals surface area contributed by atoms with Gasteiger partial charge in [-0.15, -0.1) is 23.5 Å². The van der Waals surface area contributed by atoms with Crippen molar-refractivity contribution in [2.75, 3.05) is 43.1 Å². The van der Waals surface area contributed by atoms with Gasteiger partial charge in [-0.1, -0.05) is 0 Å². The highest BCUT2D eigenvalue weighted by atomic mass is 32.2. The van der Waals surface area contributed by atoms with Crippen molar-refractivity contribution in [3.05, 3.63) is 6.07 Å². The first kappa shape index (κ1) is 22.8. The Balaban J connectivity index is 2.35. The van der Waals surface area contributed by atoms with E-state index in [0.29, 0.717) is 21.6 Å². The topological polar surface area (TPSA) is 185 Å². The van der Waals surface area contributed by atoms with Crippen molar-refractivity contribution >= 4 is 44.7 Å². The van der Waals surface area contributed by atoms with Gasteiger partial charge in [0.15, 0.2) is 0 Å². The molecule has 1 aromatic rings. The van der Waals surface area contributed by atoms with E-state index >= 15 is 0 Å². The summed E-state index contributed by atoms with van der Waals surface area (Å²) in [6.45, 7) is 0.275. The Labute approximate surface area is 152 Å². The number of nitrogen functional groups attached to an aromatic ring is 1. The van der Waals surface area contributed by atoms with Crippen LogP contribution < -0.4 is 5.73 Å². The monoisotopic (exact) mass is 435 g/mol. The van der Waals surface area contributed by atoms with E-state index in [4.69, 9.17) is 34.8 Å². The molecular weight excluding hydrogens is 416 g/mol. The van der Waals surface area contributed by atoms with E-state index in [1.807, 2.05) is 0 Å². The molecule has 0 aromatic carbocycles. The lowest BCUT2D eigenvalue weighted by molar-refractivity contribution is 0.173. The van der Waals surface area contributed by atoms with Crippen LogP contribution in [0.5, 0.6) is 0 Å². The Kier molecular flexibility index (Phi) is 9.89. The molecule has 0 aliphatic carbocycles. The number of ether oxygens (including phenoxy) is 2. The molecule has 1 heterocycles. The van der Waals surface area contributed by atoms with E-state index < -0.39 is 27.9 Å². The fourth-order valence-corrected chi connectivity index (χ4v) is 3.68. The van der Waals surface area contributed by atoms with Gasteiger partial charge in [0.2, 0.25) is 5.95 Å². The number of nitrogens with two attached hydrogens (primary N) is 1. The van der Waals surface area contributed by atoms with E-state index in [1.54, 1.807) is 6.07 Å². The van der Waals surface area contributed by atoms with Crippen molar-refractivity contribution in [2.24, 2.45) is 0 Å². The average Bonchev–Trinajstić information content (AvgIpc) is 2.43. The molecule has 0 radical (unpaired) electrons. The Morgan fingerprint density at radius 1 is 0.920 bits per heavy atom. The zero-order valence-electron chi connectivity index (χ0n) is 12.9. The number of aromatic nitrogens is 2. The first-order valence-corrected chi connectivity index (χ1v) is 12.3. The van der Waals surface area contributed by atoms with Gasteiger partial charge in [0.05, 0.1) is 13.2 Å². The molecule has 0 unspecified atom stereocenters. The molecule has 0 aliphatic heterocycles. The molecule has 144 valence electrons. The molecular formula is C10H19N3O8P2S2. The fraction of sp³-hybridized carbons (Fsp3) is 0.600. The third-order valence-corrected chi connectivity index (χ3v) is 4.96. The summed E-state index contributed by atoms with van der Waals surface area (Å²) in [6.07, 6.45) is -1.26. The van der Waals surface area contributed by atoms with Gasteiger partial charge >= 0.3 is 15.2 Å². The summed E-state index contributed by atoms with van der Waals surface area (Å²) in [4.78, 5) is 42.7. The summed E-state index contributed by atoms with van der Waals surface area (Å²) in [5.74, 6) is 0.914. The van der Waals surface area contributed by atoms with E-state index in [2.05, 4.69) is 9.97 Å². The number of hydrogen-bond acceptors (Lipinski definition) is 9. The van der Waals surface area contributed by atoms with Gasteiger partial charge in [-0.2, -0.15) is 0 Å². The van der Waals surface area contributed by atoms with Crippen LogP contribution in [-0.4, -0.2) is 67.0 Å². The molecule has 25 heavy (non-hydrogen) atoms. The highest BCUT2D eigenvalue weighted by Crippen LogP contribution is 2.34. The number of hydrogen-bond donors (Lipinski definition) is 5. The van der Waals surface area contributed by atoms with Crippen molar-refractivity contribution in [3.63, 3.8) is 0 Å². The lowest BCUT2D eigenvalue weighted by atomic mass is 10.7. The minimum atomic E-state index is -4.16. The van der Waals surface area contributed by atoms with Crippen LogP contribution in [0.2, 0.25) is 0 Å². The third kappa shape index (κ3) is 12.7. The Morgan fingerprint density at radius 3 is 1.68 bits per heavy atom. The van der Waals surface area contributed by atoms with Crippen LogP contribution in [0.15, 0.2) is 16.1 Å². The minimum Gasteiger partial charge on any atom is -0.368 e. The van der Waals surface area contributed by atoms with Crippen molar-refractivity contribution in [2.45, 2.75) is 10.1 Å². The summed E-state index contributed by atoms with van der Waals surface area (Å²) in [7, 11) is -8.33. The Hall–Kier alpha value is -0.200. The summed E-state index contributed by atoms with van der Waals surface area (Å²) in [5.41, 5.74) is 5.62. The molecule has 15 heteroatoms. The molecule has 0 spiro atoms. The molecule has 0 saturated carbocycles. The minimum absolute atomic E-state index is 0.0692. The van der Waals surface area contributed by atoms with Crippen LogP contribution >= 0.6 is 38.7 Å². The second-order valence-corrected chi connectivity index (χ2v) is 9.91. The van der Waals surface area contributed by atoms with Gasteiger partial charge in [0, 0.05) is 17.6 Å². The quantitative estimate of drug-likeness (QED) is 0.133. The zero-order valence-corrected chi connectivity index (χ0v) is 16.3. The van der Waals surface area contributed by atoms with Gasteiger partial charge in [-0.05, 0) is 0 Å². The van der Waals surface area contributed by atoms with E-state index in [1.165, 1.54) is 23.5 Å². The SMILES string of the molecule is Nc1nc(SCCOCP(=O)(O)O)cc(SCCOCP(=O)(O)O)n1. The fourth-order valence-electron chi connectivity index (χ4n) is 1.35. The zero-order chi connectivity index (χ0) is 18.9. The van der Waals surface area contributed by atoms with Gasteiger partial charge in [-0.25, -0.2) is 9.97 Å². The lowest BCUT2D eigenvalue weighted by Crippen LogP contribution is -2.03. The molecule has 1 rings (SSSR count). The largest absolute Gasteiger partial charge is 0.368 e. The van der Waals surface area contributed by atoms with Crippen LogP contribution in [0.1, 0.15) is 0 Å². The molecule has 1 aromatic heterocycles. The second-order valence-electron chi connectivity index (χ2n) is 4.50. The van der Waals surface area contributed by atoms with E-state index in [9.17, 15) is 9.13 Å². The van der Waals surface area contributed by atoms with E-state index in [0.717, 1.165) is 0 Å². The lowest BCUT2D eigenvalue weighted by Gasteiger charge is -2.07. The number of thioether (sulfide) groups is 2. The van der Waals surface area contributed by atoms with Gasteiger partial charge in [-0.3, -0.25) is 9.13 Å². The number of anilines is 1. The maximum absolute atomic E-state index is 10.6. The summed E-state index contributed by atoms with van der Waals surface area (Å²) in [5, 5.41) is 1.15. The first-order valence-electron chi connectivity index (χ1n) is 6.70. The molecule has 0 amide bonds. The van der Waals surface area contributed by atoms with Crippen LogP contribution in [-0.2, 0) is 18.6 Å². The van der Waals surface area contributed by atoms with Gasteiger partial charge < -0.3 is 34.8 Å². The third-order valence-electron chi connectivity index (χ3n) is 2.17. The number of nitrogens with zero attached hydrogens (tertiary/aromatic N) is 2. The summed E-state index contributed by atoms with van der Waals surface area (Å²) >= 11 is 2.58.